The summed E-state index contributed by atoms with van der Waals surface area (Å²) >= 11 is 0. The largest absolute Gasteiger partial charge is 0.467 e. The topological polar surface area (TPSA) is 9.23 Å². The van der Waals surface area contributed by atoms with Gasteiger partial charge in [-0.2, -0.15) is 48.3 Å². The van der Waals surface area contributed by atoms with E-state index >= 15 is 0 Å². The number of hydrogen-bond acceptors (Lipinski definition) is 1. The summed E-state index contributed by atoms with van der Waals surface area (Å²) in [6.45, 7) is 0. The Hall–Kier alpha value is -1.89. The van der Waals surface area contributed by atoms with E-state index in [1.165, 1.54) is 0 Å². The van der Waals surface area contributed by atoms with Crippen LogP contribution in [0.1, 0.15) is 0 Å². The van der Waals surface area contributed by atoms with Gasteiger partial charge in [-0.1, -0.05) is 0 Å². The van der Waals surface area contributed by atoms with Crippen molar-refractivity contribution < 1.29 is 61.8 Å². The SMILES string of the molecule is Fc1cc(F)c(F)c(OC(F)(C(F)(F)F)C(F)(F)C(F)(F)F)c1F. The van der Waals surface area contributed by atoms with Crippen LogP contribution in [0.2, 0.25) is 0 Å². The van der Waals surface area contributed by atoms with E-state index in [-0.39, 0.29) is 0 Å². The third kappa shape index (κ3) is 2.92. The van der Waals surface area contributed by atoms with Gasteiger partial charge in [0.15, 0.2) is 11.6 Å². The average molecular weight is 384 g/mol. The van der Waals surface area contributed by atoms with Crippen LogP contribution in [0.3, 0.4) is 0 Å². The van der Waals surface area contributed by atoms with E-state index in [9.17, 15) is 57.1 Å². The summed E-state index contributed by atoms with van der Waals surface area (Å²) in [5, 5.41) is 0. The Kier molecular flexibility index (Phi) is 4.69. The summed E-state index contributed by atoms with van der Waals surface area (Å²) in [5.74, 6) is -28.6. The van der Waals surface area contributed by atoms with Gasteiger partial charge >= 0.3 is 24.1 Å². The summed E-state index contributed by atoms with van der Waals surface area (Å²) in [6.07, 6.45) is -14.5. The minimum Gasteiger partial charge on any atom is -0.439 e. The Morgan fingerprint density at radius 3 is 1.29 bits per heavy atom. The maximum Gasteiger partial charge on any atom is 0.467 e. The lowest BCUT2D eigenvalue weighted by Crippen LogP contribution is -2.65. The van der Waals surface area contributed by atoms with Gasteiger partial charge in [-0.3, -0.25) is 0 Å². The van der Waals surface area contributed by atoms with Crippen LogP contribution in [0.4, 0.5) is 57.1 Å². The Labute approximate surface area is 122 Å². The van der Waals surface area contributed by atoms with Crippen molar-refractivity contribution in [2.45, 2.75) is 24.1 Å². The van der Waals surface area contributed by atoms with E-state index in [0.29, 0.717) is 0 Å². The fourth-order valence-corrected chi connectivity index (χ4v) is 1.26. The van der Waals surface area contributed by atoms with Crippen molar-refractivity contribution in [1.82, 2.24) is 0 Å². The van der Waals surface area contributed by atoms with Crippen LogP contribution in [0.15, 0.2) is 6.07 Å². The molecule has 1 nitrogen and oxygen atoms in total. The summed E-state index contributed by atoms with van der Waals surface area (Å²) < 4.78 is 166. The third-order valence-electron chi connectivity index (χ3n) is 2.44. The summed E-state index contributed by atoms with van der Waals surface area (Å²) in [5.41, 5.74) is 0. The van der Waals surface area contributed by atoms with Gasteiger partial charge in [-0.25, -0.2) is 8.78 Å². The lowest BCUT2D eigenvalue weighted by Gasteiger charge is -2.35. The predicted molar refractivity (Wildman–Crippen MR) is 47.8 cm³/mol. The van der Waals surface area contributed by atoms with Gasteiger partial charge < -0.3 is 4.74 Å². The second kappa shape index (κ2) is 5.58. The molecule has 0 aliphatic heterocycles. The lowest BCUT2D eigenvalue weighted by molar-refractivity contribution is -0.432. The molecule has 0 N–H and O–H groups in total. The lowest BCUT2D eigenvalue weighted by atomic mass is 10.1. The number of benzene rings is 1. The summed E-state index contributed by atoms with van der Waals surface area (Å²) in [4.78, 5) is 0. The van der Waals surface area contributed by atoms with Crippen molar-refractivity contribution in [3.05, 3.63) is 29.3 Å². The van der Waals surface area contributed by atoms with Crippen LogP contribution in [-0.4, -0.2) is 24.1 Å². The highest BCUT2D eigenvalue weighted by Crippen LogP contribution is 2.53. The standard InChI is InChI=1S/C10HF13O/c11-2-1-3(12)5(14)6(4(2)13)24-8(17,10(21,22)23)7(15,16)9(18,19)20/h1H. The van der Waals surface area contributed by atoms with Crippen molar-refractivity contribution in [2.75, 3.05) is 0 Å². The van der Waals surface area contributed by atoms with Gasteiger partial charge in [0.05, 0.1) is 0 Å². The van der Waals surface area contributed by atoms with Gasteiger partial charge in [0.25, 0.3) is 0 Å². The minimum atomic E-state index is -7.39. The first-order chi connectivity index (χ1) is 10.5. The van der Waals surface area contributed by atoms with E-state index in [2.05, 4.69) is 4.74 Å². The Bertz CT molecular complexity index is 605. The first kappa shape index (κ1) is 20.2. The van der Waals surface area contributed by atoms with Crippen LogP contribution in [0.5, 0.6) is 5.75 Å². The molecular formula is C10HF13O. The third-order valence-corrected chi connectivity index (χ3v) is 2.44. The van der Waals surface area contributed by atoms with Crippen LogP contribution in [0, 0.1) is 23.3 Å². The molecule has 0 fully saturated rings. The molecule has 0 aromatic heterocycles. The molecule has 0 amide bonds. The molecular weight excluding hydrogens is 383 g/mol. The van der Waals surface area contributed by atoms with Crippen LogP contribution in [0.25, 0.3) is 0 Å². The van der Waals surface area contributed by atoms with Gasteiger partial charge in [0.2, 0.25) is 17.4 Å². The smallest absolute Gasteiger partial charge is 0.439 e. The van der Waals surface area contributed by atoms with E-state index in [1.807, 2.05) is 0 Å². The second-order valence-corrected chi connectivity index (χ2v) is 4.06. The predicted octanol–water partition coefficient (Wildman–Crippen LogP) is 5.05. The fourth-order valence-electron chi connectivity index (χ4n) is 1.26. The summed E-state index contributed by atoms with van der Waals surface area (Å²) in [6, 6.07) is -0.632. The molecule has 0 saturated heterocycles. The molecule has 1 atom stereocenters. The van der Waals surface area contributed by atoms with Gasteiger partial charge in [0.1, 0.15) is 0 Å². The number of ether oxygens (including phenoxy) is 1. The maximum atomic E-state index is 13.5. The minimum absolute atomic E-state index is 0.632. The van der Waals surface area contributed by atoms with E-state index < -0.39 is 59.2 Å². The molecule has 1 rings (SSSR count). The van der Waals surface area contributed by atoms with Crippen molar-refractivity contribution >= 4 is 0 Å². The Morgan fingerprint density at radius 2 is 1.00 bits per heavy atom. The Morgan fingerprint density at radius 1 is 0.625 bits per heavy atom. The van der Waals surface area contributed by atoms with Crippen molar-refractivity contribution in [1.29, 1.82) is 0 Å². The molecule has 0 spiro atoms. The fraction of sp³-hybridized carbons (Fsp3) is 0.400. The van der Waals surface area contributed by atoms with Gasteiger partial charge in [-0.15, -0.1) is 0 Å². The highest BCUT2D eigenvalue weighted by atomic mass is 19.4. The normalized spacial score (nSPS) is 16.0. The van der Waals surface area contributed by atoms with E-state index in [4.69, 9.17) is 0 Å². The molecule has 1 aromatic carbocycles. The van der Waals surface area contributed by atoms with Crippen molar-refractivity contribution in [3.63, 3.8) is 0 Å². The maximum absolute atomic E-state index is 13.5. The first-order valence-electron chi connectivity index (χ1n) is 5.19. The van der Waals surface area contributed by atoms with Gasteiger partial charge in [0, 0.05) is 6.07 Å². The molecule has 0 heterocycles. The van der Waals surface area contributed by atoms with Crippen LogP contribution >= 0.6 is 0 Å². The van der Waals surface area contributed by atoms with Crippen molar-refractivity contribution in [2.24, 2.45) is 0 Å². The van der Waals surface area contributed by atoms with E-state index in [0.717, 1.165) is 0 Å². The molecule has 0 saturated carbocycles. The Balaban J connectivity index is 3.65. The second-order valence-electron chi connectivity index (χ2n) is 4.06. The number of hydrogen-bond donors (Lipinski definition) is 0. The molecule has 0 aliphatic carbocycles. The molecule has 1 unspecified atom stereocenters. The highest BCUT2D eigenvalue weighted by Gasteiger charge is 2.84. The average Bonchev–Trinajstić information content (AvgIpc) is 2.38. The van der Waals surface area contributed by atoms with E-state index in [1.54, 1.807) is 0 Å². The first-order valence-corrected chi connectivity index (χ1v) is 5.19. The molecule has 0 radical (unpaired) electrons. The zero-order valence-electron chi connectivity index (χ0n) is 10.4. The zero-order valence-corrected chi connectivity index (χ0v) is 10.4. The molecule has 1 aromatic rings. The molecule has 0 aliphatic rings. The molecule has 24 heavy (non-hydrogen) atoms. The van der Waals surface area contributed by atoms with Gasteiger partial charge in [-0.05, 0) is 0 Å². The molecule has 14 heteroatoms. The number of alkyl halides is 9. The number of halogens is 13. The monoisotopic (exact) mass is 384 g/mol. The molecule has 0 bridgehead atoms. The molecule has 138 valence electrons. The number of rotatable bonds is 3. The zero-order chi connectivity index (χ0) is 19.3. The van der Waals surface area contributed by atoms with Crippen LogP contribution < -0.4 is 4.74 Å². The quantitative estimate of drug-likeness (QED) is 0.524. The summed E-state index contributed by atoms with van der Waals surface area (Å²) in [7, 11) is 0. The van der Waals surface area contributed by atoms with Crippen molar-refractivity contribution in [3.8, 4) is 5.75 Å². The van der Waals surface area contributed by atoms with Crippen LogP contribution in [-0.2, 0) is 0 Å². The highest BCUT2D eigenvalue weighted by molar-refractivity contribution is 5.30.